The Morgan fingerprint density at radius 2 is 2.25 bits per heavy atom. The van der Waals surface area contributed by atoms with Gasteiger partial charge in [-0.3, -0.25) is 4.99 Å². The third kappa shape index (κ3) is 1.75. The van der Waals surface area contributed by atoms with E-state index < -0.39 is 0 Å². The molecule has 0 aliphatic rings. The van der Waals surface area contributed by atoms with E-state index in [1.807, 2.05) is 0 Å². The van der Waals surface area contributed by atoms with Crippen molar-refractivity contribution in [1.29, 1.82) is 0 Å². The fraction of sp³-hybridized carbons (Fsp3) is 0.222. The number of benzene rings is 1. The van der Waals surface area contributed by atoms with Crippen molar-refractivity contribution in [2.24, 2.45) is 4.99 Å². The van der Waals surface area contributed by atoms with E-state index in [0.717, 1.165) is 0 Å². The van der Waals surface area contributed by atoms with Crippen molar-refractivity contribution in [2.75, 3.05) is 14.2 Å². The molecule has 0 heterocycles. The Bertz CT molecular complexity index is 295. The number of phenols is 1. The van der Waals surface area contributed by atoms with Crippen molar-refractivity contribution in [1.82, 2.24) is 0 Å². The summed E-state index contributed by atoms with van der Waals surface area (Å²) in [6.07, 6.45) is 1.58. The van der Waals surface area contributed by atoms with Gasteiger partial charge in [-0.25, -0.2) is 0 Å². The first kappa shape index (κ1) is 8.59. The molecule has 0 unspecified atom stereocenters. The molecule has 1 aromatic carbocycles. The average Bonchev–Trinajstić information content (AvgIpc) is 2.09. The van der Waals surface area contributed by atoms with Gasteiger partial charge in [-0.05, 0) is 18.2 Å². The van der Waals surface area contributed by atoms with Gasteiger partial charge in [0.15, 0.2) is 0 Å². The van der Waals surface area contributed by atoms with Crippen LogP contribution in [-0.4, -0.2) is 25.5 Å². The van der Waals surface area contributed by atoms with Crippen LogP contribution < -0.4 is 4.74 Å². The zero-order valence-corrected chi connectivity index (χ0v) is 7.11. The maximum absolute atomic E-state index is 9.31. The van der Waals surface area contributed by atoms with Crippen molar-refractivity contribution < 1.29 is 9.84 Å². The fourth-order valence-corrected chi connectivity index (χ4v) is 0.902. The van der Waals surface area contributed by atoms with Gasteiger partial charge in [-0.15, -0.1) is 0 Å². The lowest BCUT2D eigenvalue weighted by molar-refractivity contribution is 0.412. The predicted molar refractivity (Wildman–Crippen MR) is 48.2 cm³/mol. The van der Waals surface area contributed by atoms with Crippen LogP contribution in [0.2, 0.25) is 0 Å². The summed E-state index contributed by atoms with van der Waals surface area (Å²) in [5.74, 6) is 0.920. The second-order valence-corrected chi connectivity index (χ2v) is 2.31. The number of methoxy groups -OCH3 is 1. The van der Waals surface area contributed by atoms with Gasteiger partial charge in [0.05, 0.1) is 7.11 Å². The number of phenolic OH excluding ortho intramolecular Hbond substituents is 1. The molecule has 1 aromatic rings. The molecule has 0 aliphatic heterocycles. The van der Waals surface area contributed by atoms with Crippen LogP contribution in [-0.2, 0) is 0 Å². The Hall–Kier alpha value is -1.51. The number of aliphatic imine (C=N–C) groups is 1. The Kier molecular flexibility index (Phi) is 2.69. The number of ether oxygens (including phenoxy) is 1. The molecule has 0 saturated carbocycles. The van der Waals surface area contributed by atoms with Gasteiger partial charge in [-0.2, -0.15) is 0 Å². The molecule has 1 N–H and O–H groups in total. The Morgan fingerprint density at radius 3 is 2.83 bits per heavy atom. The first-order valence-corrected chi connectivity index (χ1v) is 3.57. The highest BCUT2D eigenvalue weighted by molar-refractivity contribution is 5.83. The Balaban J connectivity index is 3.08. The first-order valence-electron chi connectivity index (χ1n) is 3.57. The molecule has 0 saturated heterocycles. The second-order valence-electron chi connectivity index (χ2n) is 2.31. The van der Waals surface area contributed by atoms with Crippen LogP contribution in [0.1, 0.15) is 5.56 Å². The summed E-state index contributed by atoms with van der Waals surface area (Å²) in [7, 11) is 3.23. The second kappa shape index (κ2) is 3.76. The Morgan fingerprint density at radius 1 is 1.50 bits per heavy atom. The number of hydrogen-bond acceptors (Lipinski definition) is 3. The lowest BCUT2D eigenvalue weighted by Crippen LogP contribution is -1.86. The summed E-state index contributed by atoms with van der Waals surface area (Å²) < 4.78 is 4.98. The van der Waals surface area contributed by atoms with Gasteiger partial charge in [0, 0.05) is 18.8 Å². The monoisotopic (exact) mass is 165 g/mol. The largest absolute Gasteiger partial charge is 0.507 e. The molecular formula is C9H11NO2. The third-order valence-electron chi connectivity index (χ3n) is 1.50. The molecule has 0 fully saturated rings. The number of hydrogen-bond donors (Lipinski definition) is 1. The SMILES string of the molecule is C/N=C\c1cc(OC)ccc1O. The number of aromatic hydroxyl groups is 1. The molecule has 1 rings (SSSR count). The topological polar surface area (TPSA) is 41.8 Å². The highest BCUT2D eigenvalue weighted by atomic mass is 16.5. The zero-order valence-electron chi connectivity index (χ0n) is 7.11. The van der Waals surface area contributed by atoms with Crippen LogP contribution in [0.5, 0.6) is 11.5 Å². The van der Waals surface area contributed by atoms with Crippen molar-refractivity contribution in [3.8, 4) is 11.5 Å². The predicted octanol–water partition coefficient (Wildman–Crippen LogP) is 1.45. The molecule has 0 aliphatic carbocycles. The van der Waals surface area contributed by atoms with Crippen LogP contribution in [0.15, 0.2) is 23.2 Å². The van der Waals surface area contributed by atoms with Crippen LogP contribution in [0.4, 0.5) is 0 Å². The van der Waals surface area contributed by atoms with E-state index in [-0.39, 0.29) is 5.75 Å². The summed E-state index contributed by atoms with van der Waals surface area (Å²) >= 11 is 0. The molecule has 0 aromatic heterocycles. The van der Waals surface area contributed by atoms with Crippen LogP contribution in [0.25, 0.3) is 0 Å². The van der Waals surface area contributed by atoms with Crippen molar-refractivity contribution in [3.63, 3.8) is 0 Å². The maximum Gasteiger partial charge on any atom is 0.124 e. The molecule has 3 heteroatoms. The van der Waals surface area contributed by atoms with Gasteiger partial charge in [-0.1, -0.05) is 0 Å². The minimum Gasteiger partial charge on any atom is -0.507 e. The molecule has 64 valence electrons. The zero-order chi connectivity index (χ0) is 8.97. The minimum atomic E-state index is 0.210. The Labute approximate surface area is 71.3 Å². The summed E-state index contributed by atoms with van der Waals surface area (Å²) in [5, 5.41) is 9.31. The van der Waals surface area contributed by atoms with Crippen LogP contribution >= 0.6 is 0 Å². The molecule has 3 nitrogen and oxygen atoms in total. The summed E-state index contributed by atoms with van der Waals surface area (Å²) in [6.45, 7) is 0. The molecule has 0 spiro atoms. The molecule has 0 amide bonds. The van der Waals surface area contributed by atoms with Crippen molar-refractivity contribution in [2.45, 2.75) is 0 Å². The van der Waals surface area contributed by atoms with Crippen LogP contribution in [0, 0.1) is 0 Å². The minimum absolute atomic E-state index is 0.210. The quantitative estimate of drug-likeness (QED) is 0.674. The van der Waals surface area contributed by atoms with E-state index in [4.69, 9.17) is 4.74 Å². The van der Waals surface area contributed by atoms with Crippen LogP contribution in [0.3, 0.4) is 0 Å². The van der Waals surface area contributed by atoms with Gasteiger partial charge in [0.25, 0.3) is 0 Å². The molecule has 0 bridgehead atoms. The molecule has 0 atom stereocenters. The molecule has 12 heavy (non-hydrogen) atoms. The van der Waals surface area contributed by atoms with E-state index in [9.17, 15) is 5.11 Å². The summed E-state index contributed by atoms with van der Waals surface area (Å²) in [6, 6.07) is 5.00. The smallest absolute Gasteiger partial charge is 0.124 e. The fourth-order valence-electron chi connectivity index (χ4n) is 0.902. The average molecular weight is 165 g/mol. The lowest BCUT2D eigenvalue weighted by Gasteiger charge is -2.02. The number of nitrogens with zero attached hydrogens (tertiary/aromatic N) is 1. The standard InChI is InChI=1S/C9H11NO2/c1-10-6-7-5-8(12-2)3-4-9(7)11/h3-6,11H,1-2H3/b10-6-. The first-order chi connectivity index (χ1) is 5.77. The normalized spacial score (nSPS) is 10.5. The van der Waals surface area contributed by atoms with E-state index >= 15 is 0 Å². The highest BCUT2D eigenvalue weighted by Gasteiger charge is 1.98. The lowest BCUT2D eigenvalue weighted by atomic mass is 10.2. The number of rotatable bonds is 2. The van der Waals surface area contributed by atoms with Crippen molar-refractivity contribution in [3.05, 3.63) is 23.8 Å². The molecular weight excluding hydrogens is 154 g/mol. The highest BCUT2D eigenvalue weighted by Crippen LogP contribution is 2.20. The van der Waals surface area contributed by atoms with E-state index in [2.05, 4.69) is 4.99 Å². The van der Waals surface area contributed by atoms with Gasteiger partial charge < -0.3 is 9.84 Å². The van der Waals surface area contributed by atoms with Gasteiger partial charge >= 0.3 is 0 Å². The van der Waals surface area contributed by atoms with Crippen molar-refractivity contribution >= 4 is 6.21 Å². The third-order valence-corrected chi connectivity index (χ3v) is 1.50. The van der Waals surface area contributed by atoms with E-state index in [1.54, 1.807) is 38.6 Å². The van der Waals surface area contributed by atoms with Gasteiger partial charge in [0.1, 0.15) is 11.5 Å². The van der Waals surface area contributed by atoms with Gasteiger partial charge in [0.2, 0.25) is 0 Å². The van der Waals surface area contributed by atoms with E-state index in [0.29, 0.717) is 11.3 Å². The maximum atomic E-state index is 9.31. The molecule has 0 radical (unpaired) electrons. The van der Waals surface area contributed by atoms with E-state index in [1.165, 1.54) is 0 Å². The summed E-state index contributed by atoms with van der Waals surface area (Å²) in [4.78, 5) is 3.80. The summed E-state index contributed by atoms with van der Waals surface area (Å²) in [5.41, 5.74) is 0.664.